The van der Waals surface area contributed by atoms with Crippen LogP contribution in [0.4, 0.5) is 5.69 Å². The molecule has 1 N–H and O–H groups in total. The molecule has 0 unspecified atom stereocenters. The van der Waals surface area contributed by atoms with Crippen molar-refractivity contribution in [2.24, 2.45) is 5.92 Å². The maximum absolute atomic E-state index is 13.0. The normalized spacial score (nSPS) is 15.9. The standard InChI is InChI=1S/C23H24N2O5/c1-4-14(2)19(25-21(27)17-12-8-9-13-18(17)22(25)28)23(29)30-15(3)20(26)24-16-10-6-5-7-11-16/h5-15,19H,4H2,1-3H3,(H,24,26)/t14-,15-,19-/m0/s1. The van der Waals surface area contributed by atoms with Crippen molar-refractivity contribution in [3.05, 3.63) is 65.7 Å². The van der Waals surface area contributed by atoms with E-state index in [0.29, 0.717) is 12.1 Å². The Morgan fingerprint density at radius 2 is 1.47 bits per heavy atom. The number of rotatable bonds is 7. The molecule has 2 aromatic carbocycles. The molecule has 7 heteroatoms. The summed E-state index contributed by atoms with van der Waals surface area (Å²) in [5.41, 5.74) is 1.10. The van der Waals surface area contributed by atoms with Crippen molar-refractivity contribution in [1.29, 1.82) is 0 Å². The molecule has 3 rings (SSSR count). The summed E-state index contributed by atoms with van der Waals surface area (Å²) >= 11 is 0. The highest BCUT2D eigenvalue weighted by molar-refractivity contribution is 6.22. The Morgan fingerprint density at radius 3 is 2.00 bits per heavy atom. The van der Waals surface area contributed by atoms with E-state index < -0.39 is 35.8 Å². The van der Waals surface area contributed by atoms with Gasteiger partial charge in [-0.2, -0.15) is 0 Å². The molecule has 30 heavy (non-hydrogen) atoms. The average Bonchev–Trinajstić information content (AvgIpc) is 3.00. The first-order chi connectivity index (χ1) is 14.3. The van der Waals surface area contributed by atoms with E-state index in [1.807, 2.05) is 13.0 Å². The molecule has 0 bridgehead atoms. The number of hydrogen-bond donors (Lipinski definition) is 1. The van der Waals surface area contributed by atoms with Crippen molar-refractivity contribution in [2.75, 3.05) is 5.32 Å². The third-order valence-corrected chi connectivity index (χ3v) is 5.23. The van der Waals surface area contributed by atoms with E-state index in [1.54, 1.807) is 55.5 Å². The highest BCUT2D eigenvalue weighted by Crippen LogP contribution is 2.29. The molecule has 1 aliphatic rings. The maximum Gasteiger partial charge on any atom is 0.330 e. The van der Waals surface area contributed by atoms with Gasteiger partial charge in [-0.05, 0) is 37.1 Å². The minimum Gasteiger partial charge on any atom is -0.451 e. The Bertz CT molecular complexity index is 938. The van der Waals surface area contributed by atoms with Crippen molar-refractivity contribution in [2.45, 2.75) is 39.3 Å². The van der Waals surface area contributed by atoms with Crippen LogP contribution in [0.5, 0.6) is 0 Å². The Morgan fingerprint density at radius 1 is 0.933 bits per heavy atom. The Balaban J connectivity index is 1.78. The van der Waals surface area contributed by atoms with Crippen LogP contribution in [0.3, 0.4) is 0 Å². The fourth-order valence-electron chi connectivity index (χ4n) is 3.34. The first kappa shape index (κ1) is 21.2. The van der Waals surface area contributed by atoms with Gasteiger partial charge in [0.15, 0.2) is 6.10 Å². The molecule has 0 aliphatic carbocycles. The number of benzene rings is 2. The number of amides is 3. The van der Waals surface area contributed by atoms with E-state index in [1.165, 1.54) is 6.92 Å². The zero-order chi connectivity index (χ0) is 21.8. The molecule has 156 valence electrons. The van der Waals surface area contributed by atoms with Gasteiger partial charge in [0.05, 0.1) is 11.1 Å². The molecular formula is C23H24N2O5. The quantitative estimate of drug-likeness (QED) is 0.561. The Kier molecular flexibility index (Phi) is 6.30. The van der Waals surface area contributed by atoms with Crippen molar-refractivity contribution in [1.82, 2.24) is 4.90 Å². The third-order valence-electron chi connectivity index (χ3n) is 5.23. The number of nitrogens with one attached hydrogen (secondary N) is 1. The second-order valence-corrected chi connectivity index (χ2v) is 7.29. The number of carbonyl (C=O) groups excluding carboxylic acids is 4. The van der Waals surface area contributed by atoms with E-state index in [4.69, 9.17) is 4.74 Å². The Labute approximate surface area is 175 Å². The second-order valence-electron chi connectivity index (χ2n) is 7.29. The molecule has 3 atom stereocenters. The average molecular weight is 408 g/mol. The lowest BCUT2D eigenvalue weighted by molar-refractivity contribution is -0.158. The van der Waals surface area contributed by atoms with Crippen LogP contribution in [0.25, 0.3) is 0 Å². The van der Waals surface area contributed by atoms with Gasteiger partial charge in [-0.25, -0.2) is 4.79 Å². The molecule has 0 saturated carbocycles. The topological polar surface area (TPSA) is 92.8 Å². The highest BCUT2D eigenvalue weighted by atomic mass is 16.5. The van der Waals surface area contributed by atoms with Gasteiger partial charge in [-0.1, -0.05) is 50.6 Å². The molecule has 0 aromatic heterocycles. The number of esters is 1. The molecule has 7 nitrogen and oxygen atoms in total. The zero-order valence-corrected chi connectivity index (χ0v) is 17.1. The summed E-state index contributed by atoms with van der Waals surface area (Å²) in [4.78, 5) is 52.1. The summed E-state index contributed by atoms with van der Waals surface area (Å²) in [5.74, 6) is -2.68. The van der Waals surface area contributed by atoms with Gasteiger partial charge in [-0.3, -0.25) is 19.3 Å². The Hall–Kier alpha value is -3.48. The summed E-state index contributed by atoms with van der Waals surface area (Å²) in [5, 5.41) is 2.67. The summed E-state index contributed by atoms with van der Waals surface area (Å²) in [7, 11) is 0. The molecule has 0 spiro atoms. The summed E-state index contributed by atoms with van der Waals surface area (Å²) in [6, 6.07) is 14.1. The monoisotopic (exact) mass is 408 g/mol. The largest absolute Gasteiger partial charge is 0.451 e. The van der Waals surface area contributed by atoms with E-state index in [2.05, 4.69) is 5.32 Å². The predicted octanol–water partition coefficient (Wildman–Crippen LogP) is 3.27. The van der Waals surface area contributed by atoms with Gasteiger partial charge in [0.1, 0.15) is 6.04 Å². The van der Waals surface area contributed by atoms with Gasteiger partial charge >= 0.3 is 5.97 Å². The summed E-state index contributed by atoms with van der Waals surface area (Å²) < 4.78 is 5.38. The smallest absolute Gasteiger partial charge is 0.330 e. The van der Waals surface area contributed by atoms with Crippen LogP contribution >= 0.6 is 0 Å². The van der Waals surface area contributed by atoms with E-state index >= 15 is 0 Å². The number of imide groups is 1. The number of fused-ring (bicyclic) bond motifs is 1. The van der Waals surface area contributed by atoms with Crippen LogP contribution in [0.1, 0.15) is 47.9 Å². The second kappa shape index (κ2) is 8.90. The molecule has 0 saturated heterocycles. The van der Waals surface area contributed by atoms with Crippen molar-refractivity contribution in [3.8, 4) is 0 Å². The lowest BCUT2D eigenvalue weighted by Crippen LogP contribution is -2.50. The van der Waals surface area contributed by atoms with Crippen LogP contribution in [0.2, 0.25) is 0 Å². The molecule has 0 radical (unpaired) electrons. The first-order valence-corrected chi connectivity index (χ1v) is 9.88. The van der Waals surface area contributed by atoms with Crippen LogP contribution in [0.15, 0.2) is 54.6 Å². The number of nitrogens with zero attached hydrogens (tertiary/aromatic N) is 1. The molecule has 1 aliphatic heterocycles. The van der Waals surface area contributed by atoms with Crippen LogP contribution < -0.4 is 5.32 Å². The molecular weight excluding hydrogens is 384 g/mol. The van der Waals surface area contributed by atoms with Crippen molar-refractivity contribution >= 4 is 29.4 Å². The number of para-hydroxylation sites is 1. The van der Waals surface area contributed by atoms with E-state index in [-0.39, 0.29) is 17.0 Å². The number of anilines is 1. The van der Waals surface area contributed by atoms with Crippen molar-refractivity contribution < 1.29 is 23.9 Å². The lowest BCUT2D eigenvalue weighted by Gasteiger charge is -2.29. The molecule has 2 aromatic rings. The number of ether oxygens (including phenoxy) is 1. The van der Waals surface area contributed by atoms with E-state index in [9.17, 15) is 19.2 Å². The highest BCUT2D eigenvalue weighted by Gasteiger charge is 2.45. The lowest BCUT2D eigenvalue weighted by atomic mass is 9.97. The minimum absolute atomic E-state index is 0.262. The summed E-state index contributed by atoms with van der Waals surface area (Å²) in [6.07, 6.45) is -0.558. The maximum atomic E-state index is 13.0. The summed E-state index contributed by atoms with van der Waals surface area (Å²) in [6.45, 7) is 5.07. The van der Waals surface area contributed by atoms with Gasteiger partial charge in [0.2, 0.25) is 0 Å². The van der Waals surface area contributed by atoms with Crippen LogP contribution in [0, 0.1) is 5.92 Å². The number of hydrogen-bond acceptors (Lipinski definition) is 5. The predicted molar refractivity (Wildman–Crippen MR) is 111 cm³/mol. The number of carbonyl (C=O) groups is 4. The molecule has 3 amide bonds. The molecule has 0 fully saturated rings. The fourth-order valence-corrected chi connectivity index (χ4v) is 3.34. The fraction of sp³-hybridized carbons (Fsp3) is 0.304. The van der Waals surface area contributed by atoms with Gasteiger partial charge in [0, 0.05) is 5.69 Å². The third kappa shape index (κ3) is 4.10. The van der Waals surface area contributed by atoms with Gasteiger partial charge in [0.25, 0.3) is 17.7 Å². The van der Waals surface area contributed by atoms with Crippen molar-refractivity contribution in [3.63, 3.8) is 0 Å². The van der Waals surface area contributed by atoms with Gasteiger partial charge in [-0.15, -0.1) is 0 Å². The van der Waals surface area contributed by atoms with Gasteiger partial charge < -0.3 is 10.1 Å². The minimum atomic E-state index is -1.12. The zero-order valence-electron chi connectivity index (χ0n) is 17.1. The van der Waals surface area contributed by atoms with Crippen LogP contribution in [-0.4, -0.2) is 40.7 Å². The van der Waals surface area contributed by atoms with E-state index in [0.717, 1.165) is 4.90 Å². The molecule has 1 heterocycles. The SMILES string of the molecule is CC[C@H](C)[C@@H](C(=O)O[C@@H](C)C(=O)Nc1ccccc1)N1C(=O)c2ccccc2C1=O. The van der Waals surface area contributed by atoms with Crippen LogP contribution in [-0.2, 0) is 14.3 Å². The first-order valence-electron chi connectivity index (χ1n) is 9.88.